The summed E-state index contributed by atoms with van der Waals surface area (Å²) in [6.07, 6.45) is 1.48. The van der Waals surface area contributed by atoms with E-state index in [0.717, 1.165) is 6.07 Å². The number of hydrazone groups is 1. The fourth-order valence-corrected chi connectivity index (χ4v) is 3.71. The van der Waals surface area contributed by atoms with E-state index in [2.05, 4.69) is 15.2 Å². The van der Waals surface area contributed by atoms with E-state index in [0.29, 0.717) is 16.5 Å². The van der Waals surface area contributed by atoms with Crippen LogP contribution in [0.4, 0.5) is 17.1 Å². The summed E-state index contributed by atoms with van der Waals surface area (Å²) in [6, 6.07) is 12.8. The van der Waals surface area contributed by atoms with E-state index >= 15 is 0 Å². The number of nitro benzene ring substituents is 1. The van der Waals surface area contributed by atoms with Crippen LogP contribution in [0.3, 0.4) is 0 Å². The van der Waals surface area contributed by atoms with E-state index in [4.69, 9.17) is 16.0 Å². The van der Waals surface area contributed by atoms with Crippen molar-refractivity contribution < 1.29 is 17.8 Å². The molecule has 0 atom stereocenters. The molecule has 1 heterocycles. The van der Waals surface area contributed by atoms with Crippen molar-refractivity contribution in [1.29, 1.82) is 0 Å². The third kappa shape index (κ3) is 4.92. The second kappa shape index (κ2) is 8.33. The first-order chi connectivity index (χ1) is 13.8. The topological polar surface area (TPSA) is 127 Å². The van der Waals surface area contributed by atoms with Gasteiger partial charge in [-0.3, -0.25) is 20.3 Å². The molecule has 0 unspecified atom stereocenters. The van der Waals surface area contributed by atoms with Gasteiger partial charge in [-0.25, -0.2) is 8.42 Å². The van der Waals surface area contributed by atoms with Crippen molar-refractivity contribution in [1.82, 2.24) is 0 Å². The maximum atomic E-state index is 12.9. The maximum Gasteiger partial charge on any atom is 0.270 e. The molecule has 3 aromatic rings. The minimum absolute atomic E-state index is 0.0583. The Bertz CT molecular complexity index is 1160. The Morgan fingerprint density at radius 1 is 1.17 bits per heavy atom. The molecule has 0 aliphatic heterocycles. The minimum atomic E-state index is -4.17. The lowest BCUT2D eigenvalue weighted by molar-refractivity contribution is -0.385. The lowest BCUT2D eigenvalue weighted by Crippen LogP contribution is -2.15. The van der Waals surface area contributed by atoms with Gasteiger partial charge in [-0.15, -0.1) is 0 Å². The number of furan rings is 1. The SMILES string of the molecule is CC(=NNc1ccc([N+](=O)[O-])cc1S(=O)(=O)Nc1ccc(Cl)cc1)c1ccco1. The highest BCUT2D eigenvalue weighted by atomic mass is 35.5. The first kappa shape index (κ1) is 20.4. The smallest absolute Gasteiger partial charge is 0.270 e. The third-order valence-electron chi connectivity index (χ3n) is 3.78. The zero-order valence-electron chi connectivity index (χ0n) is 15.0. The van der Waals surface area contributed by atoms with Gasteiger partial charge in [-0.1, -0.05) is 11.6 Å². The van der Waals surface area contributed by atoms with E-state index < -0.39 is 14.9 Å². The number of nitro groups is 1. The predicted molar refractivity (Wildman–Crippen MR) is 110 cm³/mol. The number of hydrogen-bond donors (Lipinski definition) is 2. The van der Waals surface area contributed by atoms with E-state index in [-0.39, 0.29) is 22.0 Å². The molecule has 3 rings (SSSR count). The highest BCUT2D eigenvalue weighted by molar-refractivity contribution is 7.92. The van der Waals surface area contributed by atoms with Crippen LogP contribution in [-0.2, 0) is 10.0 Å². The van der Waals surface area contributed by atoms with Gasteiger partial charge >= 0.3 is 0 Å². The van der Waals surface area contributed by atoms with Crippen LogP contribution < -0.4 is 10.1 Å². The molecule has 2 N–H and O–H groups in total. The van der Waals surface area contributed by atoms with Crippen molar-refractivity contribution in [2.45, 2.75) is 11.8 Å². The van der Waals surface area contributed by atoms with Gasteiger partial charge in [-0.05, 0) is 49.4 Å². The van der Waals surface area contributed by atoms with Crippen molar-refractivity contribution in [2.75, 3.05) is 10.1 Å². The Kier molecular flexibility index (Phi) is 5.85. The first-order valence-corrected chi connectivity index (χ1v) is 10.0. The van der Waals surface area contributed by atoms with Gasteiger partial charge in [0.05, 0.1) is 16.9 Å². The van der Waals surface area contributed by atoms with Gasteiger partial charge in [0.2, 0.25) is 0 Å². The maximum absolute atomic E-state index is 12.9. The molecule has 0 bridgehead atoms. The molecule has 0 aliphatic carbocycles. The number of nitrogens with one attached hydrogen (secondary N) is 2. The van der Waals surface area contributed by atoms with Crippen LogP contribution in [0.2, 0.25) is 5.02 Å². The van der Waals surface area contributed by atoms with Gasteiger partial charge in [0.1, 0.15) is 16.4 Å². The number of sulfonamides is 1. The van der Waals surface area contributed by atoms with Crippen LogP contribution in [0, 0.1) is 10.1 Å². The Hall–Kier alpha value is -3.37. The van der Waals surface area contributed by atoms with Crippen molar-refractivity contribution in [3.8, 4) is 0 Å². The Balaban J connectivity index is 1.98. The number of non-ortho nitro benzene ring substituents is 1. The Morgan fingerprint density at radius 2 is 1.90 bits per heavy atom. The van der Waals surface area contributed by atoms with Crippen LogP contribution in [0.1, 0.15) is 12.7 Å². The third-order valence-corrected chi connectivity index (χ3v) is 5.46. The zero-order valence-corrected chi connectivity index (χ0v) is 16.6. The summed E-state index contributed by atoms with van der Waals surface area (Å²) in [6.45, 7) is 1.66. The summed E-state index contributed by atoms with van der Waals surface area (Å²) in [5, 5.41) is 15.7. The van der Waals surface area contributed by atoms with Crippen LogP contribution in [0.25, 0.3) is 0 Å². The summed E-state index contributed by atoms with van der Waals surface area (Å²) >= 11 is 5.81. The van der Waals surface area contributed by atoms with Gasteiger partial charge in [0.15, 0.2) is 0 Å². The van der Waals surface area contributed by atoms with E-state index in [1.54, 1.807) is 19.1 Å². The fourth-order valence-electron chi connectivity index (χ4n) is 2.35. The highest BCUT2D eigenvalue weighted by Crippen LogP contribution is 2.28. The van der Waals surface area contributed by atoms with Crippen molar-refractivity contribution in [3.05, 3.63) is 81.8 Å². The molecule has 0 amide bonds. The number of rotatable bonds is 7. The molecule has 0 radical (unpaired) electrons. The van der Waals surface area contributed by atoms with E-state index in [9.17, 15) is 18.5 Å². The number of halogens is 1. The molecule has 0 aliphatic rings. The zero-order chi connectivity index (χ0) is 21.0. The van der Waals surface area contributed by atoms with Crippen molar-refractivity contribution in [2.24, 2.45) is 5.10 Å². The Labute approximate surface area is 171 Å². The molecule has 0 fully saturated rings. The monoisotopic (exact) mass is 434 g/mol. The summed E-state index contributed by atoms with van der Waals surface area (Å²) in [5.74, 6) is 0.489. The average Bonchev–Trinajstić information content (AvgIpc) is 3.22. The number of hydrogen-bond acceptors (Lipinski definition) is 7. The summed E-state index contributed by atoms with van der Waals surface area (Å²) in [5.41, 5.74) is 3.03. The molecule has 9 nitrogen and oxygen atoms in total. The summed E-state index contributed by atoms with van der Waals surface area (Å²) in [7, 11) is -4.17. The lowest BCUT2D eigenvalue weighted by Gasteiger charge is -2.12. The highest BCUT2D eigenvalue weighted by Gasteiger charge is 2.23. The molecule has 0 spiro atoms. The Morgan fingerprint density at radius 3 is 2.52 bits per heavy atom. The minimum Gasteiger partial charge on any atom is -0.463 e. The second-order valence-electron chi connectivity index (χ2n) is 5.84. The standard InChI is InChI=1S/C18H15ClN4O5S/c1-12(17-3-2-10-28-17)20-21-16-9-8-15(23(24)25)11-18(16)29(26,27)22-14-6-4-13(19)5-7-14/h2-11,21-22H,1H3. The quantitative estimate of drug-likeness (QED) is 0.320. The van der Waals surface area contributed by atoms with Gasteiger partial charge < -0.3 is 4.42 Å². The molecule has 29 heavy (non-hydrogen) atoms. The molecular formula is C18H15ClN4O5S. The van der Waals surface area contributed by atoms with Crippen LogP contribution in [-0.4, -0.2) is 19.1 Å². The molecule has 1 aromatic heterocycles. The van der Waals surface area contributed by atoms with E-state index in [1.165, 1.54) is 42.7 Å². The predicted octanol–water partition coefficient (Wildman–Crippen LogP) is 4.48. The van der Waals surface area contributed by atoms with Crippen LogP contribution >= 0.6 is 11.6 Å². The summed E-state index contributed by atoms with van der Waals surface area (Å²) in [4.78, 5) is 10.1. The fraction of sp³-hybridized carbons (Fsp3) is 0.0556. The molecule has 11 heteroatoms. The van der Waals surface area contributed by atoms with Crippen molar-refractivity contribution >= 4 is 44.4 Å². The lowest BCUT2D eigenvalue weighted by atomic mass is 10.3. The largest absolute Gasteiger partial charge is 0.463 e. The molecule has 150 valence electrons. The number of anilines is 2. The molecule has 2 aromatic carbocycles. The van der Waals surface area contributed by atoms with Crippen molar-refractivity contribution in [3.63, 3.8) is 0 Å². The molecular weight excluding hydrogens is 420 g/mol. The summed E-state index contributed by atoms with van der Waals surface area (Å²) < 4.78 is 33.4. The normalized spacial score (nSPS) is 11.9. The van der Waals surface area contributed by atoms with Gasteiger partial charge in [-0.2, -0.15) is 5.10 Å². The first-order valence-electron chi connectivity index (χ1n) is 8.17. The molecule has 0 saturated carbocycles. The average molecular weight is 435 g/mol. The van der Waals surface area contributed by atoms with Crippen LogP contribution in [0.5, 0.6) is 0 Å². The number of nitrogens with zero attached hydrogens (tertiary/aromatic N) is 2. The number of benzene rings is 2. The van der Waals surface area contributed by atoms with Gasteiger partial charge in [0, 0.05) is 22.8 Å². The van der Waals surface area contributed by atoms with Gasteiger partial charge in [0.25, 0.3) is 15.7 Å². The van der Waals surface area contributed by atoms with E-state index in [1.807, 2.05) is 0 Å². The molecule has 0 saturated heterocycles. The second-order valence-corrected chi connectivity index (χ2v) is 7.92. The van der Waals surface area contributed by atoms with Crippen LogP contribution in [0.15, 0.2) is 75.3 Å².